The van der Waals surface area contributed by atoms with E-state index in [2.05, 4.69) is 36.8 Å². The number of aromatic amines is 1. The summed E-state index contributed by atoms with van der Waals surface area (Å²) in [5, 5.41) is 0. The van der Waals surface area contributed by atoms with Crippen LogP contribution in [0.1, 0.15) is 42.8 Å². The van der Waals surface area contributed by atoms with Crippen LogP contribution in [0.25, 0.3) is 0 Å². The number of benzene rings is 1. The van der Waals surface area contributed by atoms with Crippen molar-refractivity contribution in [2.45, 2.75) is 39.7 Å². The number of hydrogen-bond acceptors (Lipinski definition) is 2. The lowest BCUT2D eigenvalue weighted by Crippen LogP contribution is -2.10. The minimum Gasteiger partial charge on any atom is -0.482 e. The molecule has 1 N–H and O–H groups in total. The molecule has 1 aromatic carbocycles. The first-order valence-electron chi connectivity index (χ1n) is 6.44. The molecule has 1 unspecified atom stereocenters. The molecular formula is C15H20N2O. The van der Waals surface area contributed by atoms with Gasteiger partial charge in [-0.1, -0.05) is 25.5 Å². The Hall–Kier alpha value is -1.77. The molecule has 0 fully saturated rings. The van der Waals surface area contributed by atoms with Gasteiger partial charge in [0.15, 0.2) is 6.10 Å². The van der Waals surface area contributed by atoms with Gasteiger partial charge in [-0.05, 0) is 37.5 Å². The van der Waals surface area contributed by atoms with Gasteiger partial charge in [0.05, 0.1) is 0 Å². The molecule has 18 heavy (non-hydrogen) atoms. The minimum absolute atomic E-state index is 0.00509. The predicted molar refractivity (Wildman–Crippen MR) is 72.8 cm³/mol. The topological polar surface area (TPSA) is 37.9 Å². The Morgan fingerprint density at radius 2 is 2.17 bits per heavy atom. The molecular weight excluding hydrogens is 224 g/mol. The molecule has 0 bridgehead atoms. The van der Waals surface area contributed by atoms with Crippen molar-refractivity contribution in [1.29, 1.82) is 0 Å². The van der Waals surface area contributed by atoms with E-state index in [-0.39, 0.29) is 6.10 Å². The predicted octanol–water partition coefficient (Wildman–Crippen LogP) is 3.95. The molecule has 0 saturated heterocycles. The molecule has 2 rings (SSSR count). The lowest BCUT2D eigenvalue weighted by atomic mass is 10.1. The van der Waals surface area contributed by atoms with Crippen LogP contribution >= 0.6 is 0 Å². The third kappa shape index (κ3) is 2.73. The van der Waals surface area contributed by atoms with Gasteiger partial charge in [-0.2, -0.15) is 0 Å². The highest BCUT2D eigenvalue weighted by Crippen LogP contribution is 2.27. The molecule has 3 heteroatoms. The summed E-state index contributed by atoms with van der Waals surface area (Å²) in [6, 6.07) is 6.15. The molecule has 2 aromatic rings. The third-order valence-electron chi connectivity index (χ3n) is 3.20. The SMILES string of the molecule is CCCC(Oc1cccc(C)c1C)c1ncc[nH]1. The van der Waals surface area contributed by atoms with Gasteiger partial charge in [0.25, 0.3) is 0 Å². The molecule has 0 aliphatic heterocycles. The van der Waals surface area contributed by atoms with Crippen LogP contribution in [-0.4, -0.2) is 9.97 Å². The van der Waals surface area contributed by atoms with Gasteiger partial charge < -0.3 is 9.72 Å². The Labute approximate surface area is 108 Å². The molecule has 1 aromatic heterocycles. The van der Waals surface area contributed by atoms with Crippen molar-refractivity contribution in [3.63, 3.8) is 0 Å². The van der Waals surface area contributed by atoms with E-state index in [1.165, 1.54) is 11.1 Å². The lowest BCUT2D eigenvalue weighted by Gasteiger charge is -2.18. The van der Waals surface area contributed by atoms with E-state index in [1.54, 1.807) is 6.20 Å². The van der Waals surface area contributed by atoms with E-state index < -0.39 is 0 Å². The first-order valence-corrected chi connectivity index (χ1v) is 6.44. The van der Waals surface area contributed by atoms with E-state index in [1.807, 2.05) is 18.3 Å². The van der Waals surface area contributed by atoms with E-state index in [0.29, 0.717) is 0 Å². The van der Waals surface area contributed by atoms with Crippen LogP contribution in [0, 0.1) is 13.8 Å². The average Bonchev–Trinajstić information content (AvgIpc) is 2.88. The van der Waals surface area contributed by atoms with Crippen molar-refractivity contribution in [2.75, 3.05) is 0 Å². The summed E-state index contributed by atoms with van der Waals surface area (Å²) in [5.41, 5.74) is 2.45. The molecule has 1 heterocycles. The van der Waals surface area contributed by atoms with Crippen molar-refractivity contribution in [3.05, 3.63) is 47.5 Å². The number of ether oxygens (including phenoxy) is 1. The van der Waals surface area contributed by atoms with Gasteiger partial charge >= 0.3 is 0 Å². The second-order valence-corrected chi connectivity index (χ2v) is 4.57. The number of nitrogens with one attached hydrogen (secondary N) is 1. The van der Waals surface area contributed by atoms with Crippen LogP contribution in [0.15, 0.2) is 30.6 Å². The zero-order valence-electron chi connectivity index (χ0n) is 11.2. The zero-order chi connectivity index (χ0) is 13.0. The lowest BCUT2D eigenvalue weighted by molar-refractivity contribution is 0.183. The molecule has 0 spiro atoms. The summed E-state index contributed by atoms with van der Waals surface area (Å²) in [4.78, 5) is 7.44. The van der Waals surface area contributed by atoms with Gasteiger partial charge in [0.2, 0.25) is 0 Å². The standard InChI is InChI=1S/C15H20N2O/c1-4-6-14(15-16-9-10-17-15)18-13-8-5-7-11(2)12(13)3/h5,7-10,14H,4,6H2,1-3H3,(H,16,17). The summed E-state index contributed by atoms with van der Waals surface area (Å²) in [6.07, 6.45) is 5.64. The van der Waals surface area contributed by atoms with Gasteiger partial charge in [0.1, 0.15) is 11.6 Å². The first kappa shape index (κ1) is 12.7. The van der Waals surface area contributed by atoms with E-state index in [4.69, 9.17) is 4.74 Å². The van der Waals surface area contributed by atoms with Crippen LogP contribution in [0.3, 0.4) is 0 Å². The Kier molecular flexibility index (Phi) is 4.03. The Morgan fingerprint density at radius 1 is 1.33 bits per heavy atom. The number of rotatable bonds is 5. The normalized spacial score (nSPS) is 12.4. The number of H-pyrrole nitrogens is 1. The highest BCUT2D eigenvalue weighted by atomic mass is 16.5. The van der Waals surface area contributed by atoms with Crippen LogP contribution in [0.5, 0.6) is 5.75 Å². The van der Waals surface area contributed by atoms with E-state index >= 15 is 0 Å². The molecule has 0 aliphatic carbocycles. The number of aromatic nitrogens is 2. The number of aryl methyl sites for hydroxylation is 1. The fourth-order valence-electron chi connectivity index (χ4n) is 1.97. The first-order chi connectivity index (χ1) is 8.72. The summed E-state index contributed by atoms with van der Waals surface area (Å²) in [5.74, 6) is 1.85. The van der Waals surface area contributed by atoms with Crippen molar-refractivity contribution in [2.24, 2.45) is 0 Å². The van der Waals surface area contributed by atoms with Gasteiger partial charge in [-0.3, -0.25) is 0 Å². The Bertz CT molecular complexity index is 491. The maximum Gasteiger partial charge on any atom is 0.156 e. The molecule has 3 nitrogen and oxygen atoms in total. The highest BCUT2D eigenvalue weighted by Gasteiger charge is 2.16. The molecule has 0 aliphatic rings. The van der Waals surface area contributed by atoms with E-state index in [9.17, 15) is 0 Å². The molecule has 1 atom stereocenters. The maximum absolute atomic E-state index is 6.12. The third-order valence-corrected chi connectivity index (χ3v) is 3.20. The summed E-state index contributed by atoms with van der Waals surface area (Å²) in [7, 11) is 0. The number of imidazole rings is 1. The molecule has 0 saturated carbocycles. The van der Waals surface area contributed by atoms with Gasteiger partial charge in [0, 0.05) is 12.4 Å². The van der Waals surface area contributed by atoms with Crippen LogP contribution in [0.2, 0.25) is 0 Å². The van der Waals surface area contributed by atoms with Crippen molar-refractivity contribution < 1.29 is 4.74 Å². The van der Waals surface area contributed by atoms with Crippen molar-refractivity contribution in [1.82, 2.24) is 9.97 Å². The number of nitrogens with zero attached hydrogens (tertiary/aromatic N) is 1. The second-order valence-electron chi connectivity index (χ2n) is 4.57. The highest BCUT2D eigenvalue weighted by molar-refractivity contribution is 5.38. The summed E-state index contributed by atoms with van der Waals surface area (Å²) in [6.45, 7) is 6.35. The van der Waals surface area contributed by atoms with Crippen LogP contribution in [0.4, 0.5) is 0 Å². The second kappa shape index (κ2) is 5.71. The zero-order valence-corrected chi connectivity index (χ0v) is 11.2. The Balaban J connectivity index is 2.21. The Morgan fingerprint density at radius 3 is 2.83 bits per heavy atom. The van der Waals surface area contributed by atoms with Gasteiger partial charge in [-0.15, -0.1) is 0 Å². The van der Waals surface area contributed by atoms with Crippen LogP contribution < -0.4 is 4.74 Å². The quantitative estimate of drug-likeness (QED) is 0.864. The van der Waals surface area contributed by atoms with Crippen LogP contribution in [-0.2, 0) is 0 Å². The fourth-order valence-corrected chi connectivity index (χ4v) is 1.97. The molecule has 0 amide bonds. The average molecular weight is 244 g/mol. The number of hydrogen-bond donors (Lipinski definition) is 1. The van der Waals surface area contributed by atoms with E-state index in [0.717, 1.165) is 24.4 Å². The smallest absolute Gasteiger partial charge is 0.156 e. The minimum atomic E-state index is 0.00509. The largest absolute Gasteiger partial charge is 0.482 e. The maximum atomic E-state index is 6.12. The molecule has 0 radical (unpaired) electrons. The van der Waals surface area contributed by atoms with Gasteiger partial charge in [-0.25, -0.2) is 4.98 Å². The van der Waals surface area contributed by atoms with Crippen molar-refractivity contribution in [3.8, 4) is 5.75 Å². The summed E-state index contributed by atoms with van der Waals surface area (Å²) >= 11 is 0. The summed E-state index contributed by atoms with van der Waals surface area (Å²) < 4.78 is 6.12. The van der Waals surface area contributed by atoms with Crippen molar-refractivity contribution >= 4 is 0 Å². The molecule has 96 valence electrons. The fraction of sp³-hybridized carbons (Fsp3) is 0.400. The monoisotopic (exact) mass is 244 g/mol.